The van der Waals surface area contributed by atoms with E-state index >= 15 is 0 Å². The maximum absolute atomic E-state index is 13.6. The van der Waals surface area contributed by atoms with Crippen molar-refractivity contribution >= 4 is 39.4 Å². The Kier molecular flexibility index (Phi) is 11.3. The van der Waals surface area contributed by atoms with Crippen LogP contribution < -0.4 is 14.2 Å². The Morgan fingerprint density at radius 3 is 2.27 bits per heavy atom. The molecule has 2 heterocycles. The second-order valence-corrected chi connectivity index (χ2v) is 13.3. The number of H-pyrrole nitrogens is 1. The number of aromatic nitrogens is 3. The molecular weight excluding hydrogens is 637 g/mol. The monoisotopic (exact) mass is 678 g/mol. The van der Waals surface area contributed by atoms with E-state index in [-0.39, 0.29) is 11.7 Å². The zero-order chi connectivity index (χ0) is 34.0. The van der Waals surface area contributed by atoms with Gasteiger partial charge in [-0.1, -0.05) is 76.1 Å². The number of phenols is 1. The predicted molar refractivity (Wildman–Crippen MR) is 194 cm³/mol. The molecule has 0 spiro atoms. The van der Waals surface area contributed by atoms with E-state index in [1.165, 1.54) is 44.2 Å². The summed E-state index contributed by atoms with van der Waals surface area (Å²) in [6.45, 7) is 2.22. The van der Waals surface area contributed by atoms with Crippen LogP contribution >= 0.6 is 0 Å². The summed E-state index contributed by atoms with van der Waals surface area (Å²) in [5, 5.41) is 16.0. The summed E-state index contributed by atoms with van der Waals surface area (Å²) in [7, 11) is 0. The van der Waals surface area contributed by atoms with Gasteiger partial charge in [0.2, 0.25) is 11.1 Å². The second kappa shape index (κ2) is 16.3. The molecule has 0 saturated heterocycles. The minimum Gasteiger partial charge on any atom is -0.508 e. The molecular formula is C39H42N4O5S. The van der Waals surface area contributed by atoms with E-state index in [2.05, 4.69) is 22.3 Å². The molecule has 6 rings (SSSR count). The number of nitrogens with one attached hydrogen (secondary N) is 2. The average Bonchev–Trinajstić information content (AvgIpc) is 3.69. The Bertz CT molecular complexity index is 1990. The van der Waals surface area contributed by atoms with Crippen LogP contribution in [0.25, 0.3) is 27.9 Å². The maximum Gasteiger partial charge on any atom is 0.265 e. The van der Waals surface area contributed by atoms with Gasteiger partial charge in [-0.05, 0) is 91.2 Å². The Labute approximate surface area is 288 Å². The highest BCUT2D eigenvalue weighted by Crippen LogP contribution is 2.26. The van der Waals surface area contributed by atoms with Gasteiger partial charge < -0.3 is 19.3 Å². The number of unbranched alkanes of at least 4 members (excludes halogenated alkanes) is 7. The van der Waals surface area contributed by atoms with Crippen LogP contribution in [0.3, 0.4) is 0 Å². The lowest BCUT2D eigenvalue weighted by molar-refractivity contribution is -0.123. The summed E-state index contributed by atoms with van der Waals surface area (Å²) >= 11 is -1.74. The van der Waals surface area contributed by atoms with Crippen molar-refractivity contribution in [3.8, 4) is 28.5 Å². The van der Waals surface area contributed by atoms with Gasteiger partial charge in [0.1, 0.15) is 17.2 Å². The van der Waals surface area contributed by atoms with Gasteiger partial charge >= 0.3 is 0 Å². The minimum atomic E-state index is -1.74. The van der Waals surface area contributed by atoms with E-state index in [0.29, 0.717) is 28.5 Å². The summed E-state index contributed by atoms with van der Waals surface area (Å²) in [5.74, 6) is 0.787. The van der Waals surface area contributed by atoms with Crippen LogP contribution in [0.15, 0.2) is 108 Å². The van der Waals surface area contributed by atoms with E-state index in [4.69, 9.17) is 8.92 Å². The summed E-state index contributed by atoms with van der Waals surface area (Å²) in [4.78, 5) is 18.7. The fourth-order valence-corrected chi connectivity index (χ4v) is 6.52. The molecule has 1 amide bonds. The van der Waals surface area contributed by atoms with E-state index in [0.717, 1.165) is 47.2 Å². The molecule has 2 aromatic heterocycles. The first kappa shape index (κ1) is 33.8. The van der Waals surface area contributed by atoms with E-state index in [1.807, 2.05) is 59.1 Å². The quantitative estimate of drug-likeness (QED) is 0.0828. The van der Waals surface area contributed by atoms with Crippen molar-refractivity contribution in [1.29, 1.82) is 0 Å². The van der Waals surface area contributed by atoms with Crippen LogP contribution in [0.2, 0.25) is 0 Å². The molecule has 0 aliphatic heterocycles. The number of benzene rings is 4. The van der Waals surface area contributed by atoms with Crippen LogP contribution in [0.5, 0.6) is 17.2 Å². The van der Waals surface area contributed by atoms with Crippen LogP contribution in [0.4, 0.5) is 5.69 Å². The number of nitrogens with zero attached hydrogens (tertiary/aromatic N) is 2. The molecule has 0 aliphatic rings. The molecule has 6 aromatic rings. The first-order chi connectivity index (χ1) is 24.0. The number of rotatable bonds is 17. The highest BCUT2D eigenvalue weighted by atomic mass is 32.2. The Hall–Kier alpha value is -5.09. The number of ether oxygens (including phenoxy) is 1. The molecule has 4 aromatic carbocycles. The smallest absolute Gasteiger partial charge is 0.265 e. The largest absolute Gasteiger partial charge is 0.508 e. The van der Waals surface area contributed by atoms with Gasteiger partial charge in [-0.15, -0.1) is 0 Å². The first-order valence-corrected chi connectivity index (χ1v) is 18.1. The van der Waals surface area contributed by atoms with Crippen molar-refractivity contribution in [3.63, 3.8) is 0 Å². The normalized spacial score (nSPS) is 12.6. The molecule has 9 nitrogen and oxygen atoms in total. The fraction of sp³-hybridized carbons (Fsp3) is 0.282. The number of carbonyl (C=O) groups is 1. The third kappa shape index (κ3) is 8.88. The molecule has 0 radical (unpaired) electrons. The van der Waals surface area contributed by atoms with Gasteiger partial charge in [-0.25, -0.2) is 13.7 Å². The van der Waals surface area contributed by atoms with Crippen molar-refractivity contribution in [2.75, 3.05) is 5.32 Å². The standard InChI is InChI=1S/C39H42N4O5S/c1-2-3-4-5-6-7-8-9-14-37(47-31-21-23-32(24-22-31)48-49(46)33-25-19-30(44)20-26-33)39(45)40-29-17-15-28(16-18-29)35-27-38-41-34-12-10-11-13-36(34)43(38)42-35/h10-13,15-27,37,42,44H,2-9,14H2,1H3,(H,40,45). The highest BCUT2D eigenvalue weighted by molar-refractivity contribution is 7.80. The van der Waals surface area contributed by atoms with Gasteiger partial charge in [-0.3, -0.25) is 9.89 Å². The number of carbonyl (C=O) groups excluding carboxylic acids is 1. The topological polar surface area (TPSA) is 118 Å². The minimum absolute atomic E-state index is 0.0896. The number of imidazole rings is 1. The molecule has 0 aliphatic carbocycles. The van der Waals surface area contributed by atoms with Gasteiger partial charge in [0.05, 0.1) is 21.6 Å². The number of anilines is 1. The molecule has 0 saturated carbocycles. The number of hydrogen-bond donors (Lipinski definition) is 3. The number of phenolic OH excluding ortho intramolecular Hbond substituents is 1. The summed E-state index contributed by atoms with van der Waals surface area (Å²) in [6, 6.07) is 30.5. The van der Waals surface area contributed by atoms with Crippen molar-refractivity contribution < 1.29 is 23.0 Å². The lowest BCUT2D eigenvalue weighted by atomic mass is 10.0. The van der Waals surface area contributed by atoms with Gasteiger partial charge in [0, 0.05) is 11.8 Å². The zero-order valence-electron chi connectivity index (χ0n) is 27.6. The van der Waals surface area contributed by atoms with Crippen LogP contribution in [-0.2, 0) is 15.9 Å². The SMILES string of the molecule is CCCCCCCCCCC(Oc1ccc(OS(=O)c2ccc(O)cc2)cc1)C(=O)Nc1ccc(-c2cc3nc4ccccc4n3[nH]2)cc1. The van der Waals surface area contributed by atoms with Crippen molar-refractivity contribution in [3.05, 3.63) is 103 Å². The number of aromatic hydroxyl groups is 1. The Morgan fingerprint density at radius 1 is 0.857 bits per heavy atom. The van der Waals surface area contributed by atoms with E-state index < -0.39 is 17.2 Å². The number of aromatic amines is 1. The number of fused-ring (bicyclic) bond motifs is 3. The molecule has 3 N–H and O–H groups in total. The Balaban J connectivity index is 1.09. The molecule has 254 valence electrons. The van der Waals surface area contributed by atoms with Crippen molar-refractivity contribution in [2.24, 2.45) is 0 Å². The summed E-state index contributed by atoms with van der Waals surface area (Å²) in [6.07, 6.45) is 9.20. The van der Waals surface area contributed by atoms with Gasteiger partial charge in [0.15, 0.2) is 11.8 Å². The van der Waals surface area contributed by atoms with E-state index in [9.17, 15) is 14.1 Å². The van der Waals surface area contributed by atoms with Crippen molar-refractivity contribution in [2.45, 2.75) is 75.7 Å². The predicted octanol–water partition coefficient (Wildman–Crippen LogP) is 9.21. The maximum atomic E-state index is 13.6. The first-order valence-electron chi connectivity index (χ1n) is 17.0. The third-order valence-electron chi connectivity index (χ3n) is 8.47. The van der Waals surface area contributed by atoms with Crippen LogP contribution in [-0.4, -0.2) is 35.9 Å². The second-order valence-electron chi connectivity index (χ2n) is 12.2. The number of amides is 1. The average molecular weight is 679 g/mol. The Morgan fingerprint density at radius 2 is 1.53 bits per heavy atom. The van der Waals surface area contributed by atoms with Crippen LogP contribution in [0, 0.1) is 0 Å². The van der Waals surface area contributed by atoms with Gasteiger partial charge in [0.25, 0.3) is 5.91 Å². The lowest BCUT2D eigenvalue weighted by Gasteiger charge is -2.19. The van der Waals surface area contributed by atoms with Crippen LogP contribution in [0.1, 0.15) is 64.7 Å². The fourth-order valence-electron chi connectivity index (χ4n) is 5.78. The highest BCUT2D eigenvalue weighted by Gasteiger charge is 2.21. The zero-order valence-corrected chi connectivity index (χ0v) is 28.5. The molecule has 2 unspecified atom stereocenters. The number of para-hydroxylation sites is 2. The summed E-state index contributed by atoms with van der Waals surface area (Å²) < 4.78 is 26.4. The molecule has 0 fully saturated rings. The van der Waals surface area contributed by atoms with E-state index in [1.54, 1.807) is 36.4 Å². The molecule has 10 heteroatoms. The third-order valence-corrected chi connectivity index (χ3v) is 9.47. The molecule has 2 atom stereocenters. The molecule has 0 bridgehead atoms. The lowest BCUT2D eigenvalue weighted by Crippen LogP contribution is -2.33. The van der Waals surface area contributed by atoms with Gasteiger partial charge in [-0.2, -0.15) is 0 Å². The van der Waals surface area contributed by atoms with Crippen molar-refractivity contribution in [1.82, 2.24) is 14.6 Å². The summed E-state index contributed by atoms with van der Waals surface area (Å²) in [5.41, 5.74) is 5.39. The molecule has 49 heavy (non-hydrogen) atoms. The number of hydrogen-bond acceptors (Lipinski definition) is 6.